The van der Waals surface area contributed by atoms with Crippen molar-refractivity contribution in [2.45, 2.75) is 0 Å². The van der Waals surface area contributed by atoms with Crippen molar-refractivity contribution in [3.63, 3.8) is 0 Å². The van der Waals surface area contributed by atoms with E-state index in [1.165, 1.54) is 30.3 Å². The van der Waals surface area contributed by atoms with Crippen LogP contribution in [-0.2, 0) is 9.57 Å². The summed E-state index contributed by atoms with van der Waals surface area (Å²) in [6, 6.07) is 10.8. The third-order valence-electron chi connectivity index (χ3n) is 3.19. The monoisotopic (exact) mass is 484 g/mol. The molecule has 2 aromatic carbocycles. The smallest absolute Gasteiger partial charge is 0.404 e. The maximum atomic E-state index is 14.1. The van der Waals surface area contributed by atoms with E-state index in [9.17, 15) is 14.0 Å². The molecule has 0 aromatic heterocycles. The first-order valence-electron chi connectivity index (χ1n) is 7.51. The second-order valence-corrected chi connectivity index (χ2v) is 6.31. The zero-order valence-corrected chi connectivity index (χ0v) is 15.9. The molecule has 27 heavy (non-hydrogen) atoms. The Kier molecular flexibility index (Phi) is 7.33. The summed E-state index contributed by atoms with van der Waals surface area (Å²) >= 11 is 1.98. The lowest BCUT2D eigenvalue weighted by molar-refractivity contribution is 0.0138. The second-order valence-electron chi connectivity index (χ2n) is 5.07. The SMILES string of the molecule is N#Cc1ccc(C(=O)NOCCOC(N)=O)c(Nc2ccc(I)cc2F)c1. The Morgan fingerprint density at radius 3 is 2.63 bits per heavy atom. The first-order valence-corrected chi connectivity index (χ1v) is 8.59. The zero-order valence-electron chi connectivity index (χ0n) is 13.8. The molecule has 0 atom stereocenters. The third-order valence-corrected chi connectivity index (χ3v) is 3.86. The molecule has 0 radical (unpaired) electrons. The molecule has 0 saturated carbocycles. The first kappa shape index (κ1) is 20.4. The van der Waals surface area contributed by atoms with Crippen molar-refractivity contribution in [3.8, 4) is 6.07 Å². The van der Waals surface area contributed by atoms with E-state index >= 15 is 0 Å². The standard InChI is InChI=1S/C17H14FIN4O4/c18-13-8-11(19)2-4-14(13)22-15-7-10(9-20)1-3-12(15)16(24)23-27-6-5-26-17(21)25/h1-4,7-8,22H,5-6H2,(H2,21,25)(H,23,24). The number of benzene rings is 2. The van der Waals surface area contributed by atoms with Crippen molar-refractivity contribution < 1.29 is 23.6 Å². The van der Waals surface area contributed by atoms with Crippen LogP contribution < -0.4 is 16.5 Å². The number of nitrogens with one attached hydrogen (secondary N) is 2. The average Bonchev–Trinajstić information content (AvgIpc) is 2.63. The fourth-order valence-corrected chi connectivity index (χ4v) is 2.46. The predicted octanol–water partition coefficient (Wildman–Crippen LogP) is 2.80. The van der Waals surface area contributed by atoms with Crippen LogP contribution in [0.3, 0.4) is 0 Å². The molecule has 0 saturated heterocycles. The quantitative estimate of drug-likeness (QED) is 0.315. The van der Waals surface area contributed by atoms with Crippen LogP contribution in [0.15, 0.2) is 36.4 Å². The van der Waals surface area contributed by atoms with E-state index in [1.54, 1.807) is 6.07 Å². The van der Waals surface area contributed by atoms with Crippen molar-refractivity contribution in [1.82, 2.24) is 5.48 Å². The van der Waals surface area contributed by atoms with Gasteiger partial charge in [-0.05, 0) is 59.0 Å². The molecule has 8 nitrogen and oxygen atoms in total. The van der Waals surface area contributed by atoms with Crippen LogP contribution in [0, 0.1) is 20.7 Å². The highest BCUT2D eigenvalue weighted by Gasteiger charge is 2.14. The Morgan fingerprint density at radius 2 is 1.96 bits per heavy atom. The molecule has 0 bridgehead atoms. The van der Waals surface area contributed by atoms with Gasteiger partial charge in [-0.1, -0.05) is 0 Å². The van der Waals surface area contributed by atoms with Crippen molar-refractivity contribution in [2.75, 3.05) is 18.5 Å². The third kappa shape index (κ3) is 6.08. The number of halogens is 2. The number of rotatable bonds is 7. The number of nitrogens with two attached hydrogens (primary N) is 1. The van der Waals surface area contributed by atoms with Crippen LogP contribution in [0.1, 0.15) is 15.9 Å². The van der Waals surface area contributed by atoms with Crippen LogP contribution in [-0.4, -0.2) is 25.2 Å². The number of amides is 2. The van der Waals surface area contributed by atoms with Crippen LogP contribution >= 0.6 is 22.6 Å². The molecule has 140 valence electrons. The minimum Gasteiger partial charge on any atom is -0.447 e. The molecular weight excluding hydrogens is 470 g/mol. The number of hydrogen-bond acceptors (Lipinski definition) is 6. The van der Waals surface area contributed by atoms with Gasteiger partial charge in [0.2, 0.25) is 0 Å². The largest absolute Gasteiger partial charge is 0.447 e. The normalized spacial score (nSPS) is 9.96. The van der Waals surface area contributed by atoms with Gasteiger partial charge >= 0.3 is 6.09 Å². The fourth-order valence-electron chi connectivity index (χ4n) is 2.01. The van der Waals surface area contributed by atoms with Crippen molar-refractivity contribution >= 4 is 46.0 Å². The van der Waals surface area contributed by atoms with E-state index < -0.39 is 17.8 Å². The molecule has 0 aliphatic heterocycles. The first-order chi connectivity index (χ1) is 12.9. The van der Waals surface area contributed by atoms with Crippen LogP contribution in [0.25, 0.3) is 0 Å². The molecule has 0 spiro atoms. The molecule has 0 fully saturated rings. The van der Waals surface area contributed by atoms with E-state index in [4.69, 9.17) is 15.8 Å². The summed E-state index contributed by atoms with van der Waals surface area (Å²) in [4.78, 5) is 27.6. The number of primary amides is 1. The number of hydroxylamine groups is 1. The average molecular weight is 484 g/mol. The van der Waals surface area contributed by atoms with Gasteiger partial charge in [-0.25, -0.2) is 14.7 Å². The van der Waals surface area contributed by atoms with Crippen molar-refractivity contribution in [1.29, 1.82) is 5.26 Å². The lowest BCUT2D eigenvalue weighted by atomic mass is 10.1. The summed E-state index contributed by atoms with van der Waals surface area (Å²) in [5, 5.41) is 11.9. The Labute approximate surface area is 167 Å². The van der Waals surface area contributed by atoms with E-state index in [2.05, 4.69) is 15.5 Å². The zero-order chi connectivity index (χ0) is 19.8. The summed E-state index contributed by atoms with van der Waals surface area (Å²) in [6.45, 7) is -0.249. The minimum atomic E-state index is -0.956. The minimum absolute atomic E-state index is 0.112. The Hall–Kier alpha value is -2.91. The maximum absolute atomic E-state index is 14.1. The molecule has 0 heterocycles. The second kappa shape index (κ2) is 9.70. The van der Waals surface area contributed by atoms with Crippen molar-refractivity contribution in [3.05, 3.63) is 56.9 Å². The van der Waals surface area contributed by atoms with Gasteiger partial charge < -0.3 is 15.8 Å². The highest BCUT2D eigenvalue weighted by molar-refractivity contribution is 14.1. The molecule has 2 amide bonds. The molecule has 2 aromatic rings. The lowest BCUT2D eigenvalue weighted by Gasteiger charge is -2.13. The van der Waals surface area contributed by atoms with Gasteiger partial charge in [0.05, 0.1) is 28.6 Å². The fraction of sp³-hybridized carbons (Fsp3) is 0.118. The van der Waals surface area contributed by atoms with Crippen molar-refractivity contribution in [2.24, 2.45) is 5.73 Å². The van der Waals surface area contributed by atoms with Gasteiger partial charge in [0.25, 0.3) is 5.91 Å². The van der Waals surface area contributed by atoms with Gasteiger partial charge in [-0.15, -0.1) is 0 Å². The van der Waals surface area contributed by atoms with Gasteiger partial charge in [-0.2, -0.15) is 5.26 Å². The molecule has 4 N–H and O–H groups in total. The Morgan fingerprint density at radius 1 is 1.19 bits per heavy atom. The van der Waals surface area contributed by atoms with E-state index in [0.29, 0.717) is 3.57 Å². The predicted molar refractivity (Wildman–Crippen MR) is 103 cm³/mol. The highest BCUT2D eigenvalue weighted by Crippen LogP contribution is 2.25. The van der Waals surface area contributed by atoms with Gasteiger partial charge in [0.1, 0.15) is 19.0 Å². The Balaban J connectivity index is 2.15. The summed E-state index contributed by atoms with van der Waals surface area (Å²) in [6.07, 6.45) is -0.956. The number of anilines is 2. The van der Waals surface area contributed by atoms with Gasteiger partial charge in [0, 0.05) is 3.57 Å². The molecule has 0 unspecified atom stereocenters. The van der Waals surface area contributed by atoms with Crippen LogP contribution in [0.4, 0.5) is 20.6 Å². The summed E-state index contributed by atoms with van der Waals surface area (Å²) in [7, 11) is 0. The summed E-state index contributed by atoms with van der Waals surface area (Å²) < 4.78 is 19.3. The lowest BCUT2D eigenvalue weighted by Crippen LogP contribution is -2.27. The number of nitriles is 1. The summed E-state index contributed by atoms with van der Waals surface area (Å²) in [5.41, 5.74) is 7.76. The summed E-state index contributed by atoms with van der Waals surface area (Å²) in [5.74, 6) is -1.14. The van der Waals surface area contributed by atoms with E-state index in [-0.39, 0.29) is 35.7 Å². The molecule has 0 aliphatic carbocycles. The van der Waals surface area contributed by atoms with Crippen LogP contribution in [0.5, 0.6) is 0 Å². The number of nitrogens with zero attached hydrogens (tertiary/aromatic N) is 1. The van der Waals surface area contributed by atoms with E-state index in [0.717, 1.165) is 0 Å². The maximum Gasteiger partial charge on any atom is 0.404 e. The van der Waals surface area contributed by atoms with Gasteiger partial charge in [-0.3, -0.25) is 9.63 Å². The highest BCUT2D eigenvalue weighted by atomic mass is 127. The molecular formula is C17H14FIN4O4. The molecule has 0 aliphatic rings. The number of hydrogen-bond donors (Lipinski definition) is 3. The number of carbonyl (C=O) groups excluding carboxylic acids is 2. The number of ether oxygens (including phenoxy) is 1. The van der Waals surface area contributed by atoms with E-state index in [1.807, 2.05) is 28.7 Å². The van der Waals surface area contributed by atoms with Crippen LogP contribution in [0.2, 0.25) is 0 Å². The molecule has 10 heteroatoms. The molecule has 2 rings (SSSR count). The Bertz CT molecular complexity index is 901. The van der Waals surface area contributed by atoms with Gasteiger partial charge in [0.15, 0.2) is 0 Å². The number of carbonyl (C=O) groups is 2. The topological polar surface area (TPSA) is 126 Å².